The van der Waals surface area contributed by atoms with E-state index in [1.54, 1.807) is 0 Å². The van der Waals surface area contributed by atoms with Gasteiger partial charge in [-0.05, 0) is 6.42 Å². The molecule has 1 unspecified atom stereocenters. The molecule has 0 aromatic heterocycles. The summed E-state index contributed by atoms with van der Waals surface area (Å²) in [5.41, 5.74) is 0.894. The lowest BCUT2D eigenvalue weighted by Crippen LogP contribution is -2.18. The largest absolute Gasteiger partial charge is 0.386 e. The smallest absolute Gasteiger partial charge is 0.111 e. The van der Waals surface area contributed by atoms with Crippen LogP contribution in [0.1, 0.15) is 6.42 Å². The van der Waals surface area contributed by atoms with Gasteiger partial charge in [-0.1, -0.05) is 12.2 Å². The van der Waals surface area contributed by atoms with Crippen molar-refractivity contribution < 1.29 is 5.11 Å². The average molecular weight is 125 g/mol. The van der Waals surface area contributed by atoms with Crippen molar-refractivity contribution in [1.29, 1.82) is 0 Å². The van der Waals surface area contributed by atoms with E-state index in [0.29, 0.717) is 0 Å². The van der Waals surface area contributed by atoms with Gasteiger partial charge in [0.1, 0.15) is 6.10 Å². The highest BCUT2D eigenvalue weighted by Gasteiger charge is 2.08. The van der Waals surface area contributed by atoms with E-state index in [4.69, 9.17) is 5.11 Å². The van der Waals surface area contributed by atoms with Crippen LogP contribution >= 0.6 is 0 Å². The van der Waals surface area contributed by atoms with E-state index >= 15 is 0 Å². The predicted octanol–water partition coefficient (Wildman–Crippen LogP) is 0.410. The van der Waals surface area contributed by atoms with Crippen LogP contribution in [0.25, 0.3) is 0 Å². The van der Waals surface area contributed by atoms with Gasteiger partial charge in [0.05, 0.1) is 0 Å². The van der Waals surface area contributed by atoms with Crippen molar-refractivity contribution in [2.24, 2.45) is 0 Å². The molecule has 1 rings (SSSR count). The van der Waals surface area contributed by atoms with E-state index in [1.807, 2.05) is 6.08 Å². The zero-order valence-corrected chi connectivity index (χ0v) is 5.30. The Morgan fingerprint density at radius 2 is 2.67 bits per heavy atom. The Morgan fingerprint density at radius 1 is 1.89 bits per heavy atom. The summed E-state index contributed by atoms with van der Waals surface area (Å²) in [6.45, 7) is 4.42. The van der Waals surface area contributed by atoms with E-state index in [1.165, 1.54) is 6.08 Å². The zero-order valence-electron chi connectivity index (χ0n) is 5.30. The van der Waals surface area contributed by atoms with Crippen LogP contribution in [0.4, 0.5) is 0 Å². The highest BCUT2D eigenvalue weighted by Crippen LogP contribution is 2.05. The summed E-state index contributed by atoms with van der Waals surface area (Å²) < 4.78 is 0. The minimum atomic E-state index is -0.493. The Balaban J connectivity index is 2.50. The van der Waals surface area contributed by atoms with Crippen LogP contribution < -0.4 is 5.32 Å². The topological polar surface area (TPSA) is 32.3 Å². The van der Waals surface area contributed by atoms with Gasteiger partial charge in [-0.2, -0.15) is 0 Å². The lowest BCUT2D eigenvalue weighted by molar-refractivity contribution is 0.253. The molecule has 9 heavy (non-hydrogen) atoms. The predicted molar refractivity (Wildman–Crippen MR) is 36.9 cm³/mol. The number of nitrogens with one attached hydrogen (secondary N) is 1. The molecule has 2 N–H and O–H groups in total. The Hall–Kier alpha value is -0.760. The Morgan fingerprint density at radius 3 is 3.11 bits per heavy atom. The number of aliphatic hydroxyl groups is 1. The second-order valence-electron chi connectivity index (χ2n) is 2.06. The van der Waals surface area contributed by atoms with Gasteiger partial charge in [0, 0.05) is 12.2 Å². The molecule has 1 aliphatic rings. The second-order valence-corrected chi connectivity index (χ2v) is 2.06. The molecule has 0 saturated carbocycles. The summed E-state index contributed by atoms with van der Waals surface area (Å²) in [6, 6.07) is 0. The third-order valence-electron chi connectivity index (χ3n) is 1.38. The number of hydrogen-bond acceptors (Lipinski definition) is 2. The van der Waals surface area contributed by atoms with Crippen LogP contribution in [0.15, 0.2) is 24.4 Å². The van der Waals surface area contributed by atoms with Gasteiger partial charge in [0.15, 0.2) is 0 Å². The molecule has 0 saturated heterocycles. The van der Waals surface area contributed by atoms with Crippen molar-refractivity contribution in [1.82, 2.24) is 5.32 Å². The highest BCUT2D eigenvalue weighted by molar-refractivity contribution is 5.15. The lowest BCUT2D eigenvalue weighted by atomic mass is 10.2. The van der Waals surface area contributed by atoms with Crippen LogP contribution in [0.2, 0.25) is 0 Å². The fourth-order valence-electron chi connectivity index (χ4n) is 0.869. The van der Waals surface area contributed by atoms with E-state index < -0.39 is 6.10 Å². The molecule has 1 aliphatic heterocycles. The summed E-state index contributed by atoms with van der Waals surface area (Å²) in [4.78, 5) is 0. The fourth-order valence-corrected chi connectivity index (χ4v) is 0.869. The molecule has 1 heterocycles. The molecule has 0 radical (unpaired) electrons. The molecule has 0 bridgehead atoms. The van der Waals surface area contributed by atoms with Crippen molar-refractivity contribution in [3.05, 3.63) is 24.4 Å². The number of rotatable bonds is 2. The molecule has 0 fully saturated rings. The molecule has 0 aliphatic carbocycles. The third kappa shape index (κ3) is 1.33. The number of hydrogen-bond donors (Lipinski definition) is 2. The van der Waals surface area contributed by atoms with Crippen LogP contribution in [-0.4, -0.2) is 17.8 Å². The Bertz CT molecular complexity index is 140. The number of aliphatic hydroxyl groups excluding tert-OH is 1. The highest BCUT2D eigenvalue weighted by atomic mass is 16.3. The first kappa shape index (κ1) is 6.36. The lowest BCUT2D eigenvalue weighted by Gasteiger charge is -2.06. The van der Waals surface area contributed by atoms with Crippen molar-refractivity contribution >= 4 is 0 Å². The zero-order chi connectivity index (χ0) is 6.69. The maximum Gasteiger partial charge on any atom is 0.111 e. The van der Waals surface area contributed by atoms with Crippen molar-refractivity contribution in [2.75, 3.05) is 6.54 Å². The SMILES string of the molecule is C=CC(O)C1=CCCN1. The van der Waals surface area contributed by atoms with Crippen LogP contribution in [0, 0.1) is 0 Å². The van der Waals surface area contributed by atoms with Crippen molar-refractivity contribution in [3.8, 4) is 0 Å². The molecule has 50 valence electrons. The Labute approximate surface area is 54.9 Å². The van der Waals surface area contributed by atoms with E-state index in [0.717, 1.165) is 18.7 Å². The standard InChI is InChI=1S/C7H11NO/c1-2-7(9)6-4-3-5-8-6/h2,4,7-9H,1,3,5H2. The first-order valence-corrected chi connectivity index (χ1v) is 3.09. The summed E-state index contributed by atoms with van der Waals surface area (Å²) >= 11 is 0. The molecule has 0 spiro atoms. The molecular formula is C7H11NO. The third-order valence-corrected chi connectivity index (χ3v) is 1.38. The normalized spacial score (nSPS) is 20.3. The van der Waals surface area contributed by atoms with Crippen molar-refractivity contribution in [3.63, 3.8) is 0 Å². The molecule has 1 atom stereocenters. The maximum absolute atomic E-state index is 9.11. The first-order chi connectivity index (χ1) is 4.34. The van der Waals surface area contributed by atoms with E-state index in [-0.39, 0.29) is 0 Å². The summed E-state index contributed by atoms with van der Waals surface area (Å²) in [7, 11) is 0. The first-order valence-electron chi connectivity index (χ1n) is 3.09. The second kappa shape index (κ2) is 2.69. The average Bonchev–Trinajstić information content (AvgIpc) is 2.37. The monoisotopic (exact) mass is 125 g/mol. The van der Waals surface area contributed by atoms with Gasteiger partial charge in [-0.3, -0.25) is 0 Å². The van der Waals surface area contributed by atoms with E-state index in [2.05, 4.69) is 11.9 Å². The minimum absolute atomic E-state index is 0.493. The molecule has 0 amide bonds. The minimum Gasteiger partial charge on any atom is -0.386 e. The summed E-state index contributed by atoms with van der Waals surface area (Å²) in [6.07, 6.45) is 4.03. The van der Waals surface area contributed by atoms with Gasteiger partial charge in [-0.15, -0.1) is 6.58 Å². The molecule has 0 aromatic rings. The fraction of sp³-hybridized carbons (Fsp3) is 0.429. The van der Waals surface area contributed by atoms with Crippen LogP contribution in [0.5, 0.6) is 0 Å². The van der Waals surface area contributed by atoms with Gasteiger partial charge in [0.25, 0.3) is 0 Å². The summed E-state index contributed by atoms with van der Waals surface area (Å²) in [5.74, 6) is 0. The molecule has 2 nitrogen and oxygen atoms in total. The van der Waals surface area contributed by atoms with Gasteiger partial charge in [-0.25, -0.2) is 0 Å². The molecule has 0 aromatic carbocycles. The van der Waals surface area contributed by atoms with Crippen LogP contribution in [0.3, 0.4) is 0 Å². The molecule has 2 heteroatoms. The van der Waals surface area contributed by atoms with Gasteiger partial charge >= 0.3 is 0 Å². The van der Waals surface area contributed by atoms with E-state index in [9.17, 15) is 0 Å². The molecular weight excluding hydrogens is 114 g/mol. The van der Waals surface area contributed by atoms with Crippen molar-refractivity contribution in [2.45, 2.75) is 12.5 Å². The van der Waals surface area contributed by atoms with Gasteiger partial charge < -0.3 is 10.4 Å². The maximum atomic E-state index is 9.11. The van der Waals surface area contributed by atoms with Gasteiger partial charge in [0.2, 0.25) is 0 Å². The van der Waals surface area contributed by atoms with Crippen LogP contribution in [-0.2, 0) is 0 Å². The Kier molecular flexibility index (Phi) is 1.90. The quantitative estimate of drug-likeness (QED) is 0.524. The summed E-state index contributed by atoms with van der Waals surface area (Å²) in [5, 5.41) is 12.2.